The van der Waals surface area contributed by atoms with Crippen molar-refractivity contribution in [3.8, 4) is 0 Å². The molecule has 0 saturated carbocycles. The Morgan fingerprint density at radius 3 is 2.69 bits per heavy atom. The van der Waals surface area contributed by atoms with Crippen LogP contribution in [-0.4, -0.2) is 6.03 Å². The first kappa shape index (κ1) is 12.8. The molecule has 16 heavy (non-hydrogen) atoms. The van der Waals surface area contributed by atoms with Crippen molar-refractivity contribution >= 4 is 23.3 Å². The molecule has 1 rings (SSSR count). The number of hydrogen-bond donors (Lipinski definition) is 3. The fourth-order valence-corrected chi connectivity index (χ4v) is 1.66. The maximum absolute atomic E-state index is 11.0. The summed E-state index contributed by atoms with van der Waals surface area (Å²) in [6.45, 7) is 4.26. The van der Waals surface area contributed by atoms with Gasteiger partial charge in [0.05, 0.1) is 0 Å². The lowest BCUT2D eigenvalue weighted by atomic mass is 10.0. The summed E-state index contributed by atoms with van der Waals surface area (Å²) in [6, 6.07) is 4.97. The lowest BCUT2D eigenvalue weighted by Crippen LogP contribution is -2.34. The molecule has 1 aromatic rings. The van der Waals surface area contributed by atoms with Gasteiger partial charge in [-0.1, -0.05) is 31.5 Å². The molecule has 0 heterocycles. The predicted octanol–water partition coefficient (Wildman–Crippen LogP) is 2.53. The zero-order valence-corrected chi connectivity index (χ0v) is 10.1. The topological polar surface area (TPSA) is 67.2 Å². The standard InChI is InChI=1S/C11H16ClN3O/c1-7(2)5-8-3-4-9(6-10(8)12)14-11(16)15-13/h3-4,6-7H,5,13H2,1-2H3,(H2,14,15,16). The average molecular weight is 242 g/mol. The molecule has 4 nitrogen and oxygen atoms in total. The molecule has 0 unspecified atom stereocenters. The molecule has 0 aliphatic rings. The van der Waals surface area contributed by atoms with Gasteiger partial charge in [0.15, 0.2) is 0 Å². The third kappa shape index (κ3) is 3.72. The molecule has 4 N–H and O–H groups in total. The molecule has 0 fully saturated rings. The van der Waals surface area contributed by atoms with Crippen LogP contribution in [0.15, 0.2) is 18.2 Å². The van der Waals surface area contributed by atoms with Crippen molar-refractivity contribution in [2.75, 3.05) is 5.32 Å². The molecular weight excluding hydrogens is 226 g/mol. The third-order valence-electron chi connectivity index (χ3n) is 2.07. The smallest absolute Gasteiger partial charge is 0.307 e. The molecule has 0 aliphatic carbocycles. The number of nitrogens with two attached hydrogens (primary N) is 1. The number of benzene rings is 1. The number of hydrazine groups is 1. The highest BCUT2D eigenvalue weighted by molar-refractivity contribution is 6.31. The quantitative estimate of drug-likeness (QED) is 0.433. The monoisotopic (exact) mass is 241 g/mol. The summed E-state index contributed by atoms with van der Waals surface area (Å²) in [7, 11) is 0. The Balaban J connectivity index is 2.78. The van der Waals surface area contributed by atoms with Gasteiger partial charge in [-0.25, -0.2) is 10.6 Å². The largest absolute Gasteiger partial charge is 0.333 e. The van der Waals surface area contributed by atoms with E-state index in [-0.39, 0.29) is 0 Å². The lowest BCUT2D eigenvalue weighted by Gasteiger charge is -2.10. The molecule has 0 atom stereocenters. The number of hydrogen-bond acceptors (Lipinski definition) is 2. The van der Waals surface area contributed by atoms with Crippen LogP contribution in [0.2, 0.25) is 5.02 Å². The maximum atomic E-state index is 11.0. The summed E-state index contributed by atoms with van der Waals surface area (Å²) in [4.78, 5) is 11.0. The molecule has 0 radical (unpaired) electrons. The van der Waals surface area contributed by atoms with E-state index in [0.29, 0.717) is 16.6 Å². The van der Waals surface area contributed by atoms with Gasteiger partial charge in [0.1, 0.15) is 0 Å². The van der Waals surface area contributed by atoms with Crippen molar-refractivity contribution in [3.05, 3.63) is 28.8 Å². The Morgan fingerprint density at radius 1 is 1.50 bits per heavy atom. The van der Waals surface area contributed by atoms with E-state index in [2.05, 4.69) is 19.2 Å². The molecule has 1 aromatic carbocycles. The molecule has 88 valence electrons. The lowest BCUT2D eigenvalue weighted by molar-refractivity contribution is 0.252. The Hall–Kier alpha value is -1.26. The minimum Gasteiger partial charge on any atom is -0.307 e. The van der Waals surface area contributed by atoms with E-state index in [1.165, 1.54) is 0 Å². The highest BCUT2D eigenvalue weighted by atomic mass is 35.5. The van der Waals surface area contributed by atoms with E-state index in [1.807, 2.05) is 11.5 Å². The molecule has 2 amide bonds. The Bertz CT molecular complexity index is 379. The summed E-state index contributed by atoms with van der Waals surface area (Å²) in [5.41, 5.74) is 3.69. The number of urea groups is 1. The first-order chi connectivity index (χ1) is 7.52. The van der Waals surface area contributed by atoms with Crippen LogP contribution in [0.1, 0.15) is 19.4 Å². The summed E-state index contributed by atoms with van der Waals surface area (Å²) in [6.07, 6.45) is 0.919. The van der Waals surface area contributed by atoms with Crippen molar-refractivity contribution in [2.45, 2.75) is 20.3 Å². The van der Waals surface area contributed by atoms with Gasteiger partial charge < -0.3 is 5.32 Å². The van der Waals surface area contributed by atoms with E-state index in [9.17, 15) is 4.79 Å². The number of amides is 2. The highest BCUT2D eigenvalue weighted by Gasteiger charge is 2.05. The van der Waals surface area contributed by atoms with Crippen molar-refractivity contribution < 1.29 is 4.79 Å². The van der Waals surface area contributed by atoms with Crippen molar-refractivity contribution in [1.82, 2.24) is 5.43 Å². The zero-order chi connectivity index (χ0) is 12.1. The van der Waals surface area contributed by atoms with Crippen molar-refractivity contribution in [3.63, 3.8) is 0 Å². The van der Waals surface area contributed by atoms with Gasteiger partial charge in [0.25, 0.3) is 0 Å². The summed E-state index contributed by atoms with van der Waals surface area (Å²) >= 11 is 6.10. The van der Waals surface area contributed by atoms with E-state index < -0.39 is 6.03 Å². The van der Waals surface area contributed by atoms with Crippen LogP contribution in [-0.2, 0) is 6.42 Å². The number of anilines is 1. The van der Waals surface area contributed by atoms with Crippen molar-refractivity contribution in [1.29, 1.82) is 0 Å². The van der Waals surface area contributed by atoms with Gasteiger partial charge in [-0.05, 0) is 30.0 Å². The minimum absolute atomic E-state index is 0.465. The van der Waals surface area contributed by atoms with E-state index in [1.54, 1.807) is 12.1 Å². The van der Waals surface area contributed by atoms with Gasteiger partial charge >= 0.3 is 6.03 Å². The number of halogens is 1. The number of nitrogens with one attached hydrogen (secondary N) is 2. The number of carbonyl (C=O) groups is 1. The molecule has 0 saturated heterocycles. The zero-order valence-electron chi connectivity index (χ0n) is 9.38. The van der Waals surface area contributed by atoms with Crippen LogP contribution in [0, 0.1) is 5.92 Å². The van der Waals surface area contributed by atoms with Crippen LogP contribution in [0.25, 0.3) is 0 Å². The second-order valence-electron chi connectivity index (χ2n) is 4.00. The Morgan fingerprint density at radius 2 is 2.19 bits per heavy atom. The summed E-state index contributed by atoms with van der Waals surface area (Å²) in [5.74, 6) is 5.50. The molecule has 0 spiro atoms. The summed E-state index contributed by atoms with van der Waals surface area (Å²) < 4.78 is 0. The second-order valence-corrected chi connectivity index (χ2v) is 4.41. The Kier molecular flexibility index (Phi) is 4.58. The van der Waals surface area contributed by atoms with Crippen LogP contribution < -0.4 is 16.6 Å². The predicted molar refractivity (Wildman–Crippen MR) is 66.3 cm³/mol. The van der Waals surface area contributed by atoms with Gasteiger partial charge in [-0.15, -0.1) is 0 Å². The van der Waals surface area contributed by atoms with Gasteiger partial charge in [-0.3, -0.25) is 5.43 Å². The molecular formula is C11H16ClN3O. The average Bonchev–Trinajstić information content (AvgIpc) is 2.21. The van der Waals surface area contributed by atoms with Crippen LogP contribution in [0.4, 0.5) is 10.5 Å². The minimum atomic E-state index is -0.465. The second kappa shape index (κ2) is 5.72. The first-order valence-corrected chi connectivity index (χ1v) is 5.46. The van der Waals surface area contributed by atoms with Gasteiger partial charge in [-0.2, -0.15) is 0 Å². The van der Waals surface area contributed by atoms with Gasteiger partial charge in [0, 0.05) is 10.7 Å². The van der Waals surface area contributed by atoms with Crippen LogP contribution >= 0.6 is 11.6 Å². The molecule has 0 aliphatic heterocycles. The fourth-order valence-electron chi connectivity index (χ4n) is 1.40. The third-order valence-corrected chi connectivity index (χ3v) is 2.42. The van der Waals surface area contributed by atoms with Crippen LogP contribution in [0.5, 0.6) is 0 Å². The maximum Gasteiger partial charge on any atom is 0.333 e. The molecule has 0 aromatic heterocycles. The fraction of sp³-hybridized carbons (Fsp3) is 0.364. The SMILES string of the molecule is CC(C)Cc1ccc(NC(=O)NN)cc1Cl. The Labute approximate surface area is 100 Å². The molecule has 5 heteroatoms. The first-order valence-electron chi connectivity index (χ1n) is 5.09. The summed E-state index contributed by atoms with van der Waals surface area (Å²) in [5, 5.41) is 3.21. The molecule has 0 bridgehead atoms. The van der Waals surface area contributed by atoms with Gasteiger partial charge in [0.2, 0.25) is 0 Å². The van der Waals surface area contributed by atoms with E-state index in [0.717, 1.165) is 12.0 Å². The van der Waals surface area contributed by atoms with Crippen LogP contribution in [0.3, 0.4) is 0 Å². The number of rotatable bonds is 3. The van der Waals surface area contributed by atoms with E-state index >= 15 is 0 Å². The highest BCUT2D eigenvalue weighted by Crippen LogP contribution is 2.23. The number of carbonyl (C=O) groups excluding carboxylic acids is 1. The normalized spacial score (nSPS) is 10.3. The van der Waals surface area contributed by atoms with Crippen molar-refractivity contribution in [2.24, 2.45) is 11.8 Å². The van der Waals surface area contributed by atoms with E-state index in [4.69, 9.17) is 17.4 Å².